The van der Waals surface area contributed by atoms with Crippen molar-refractivity contribution in [1.29, 1.82) is 78.9 Å². The second-order valence-corrected chi connectivity index (χ2v) is 0. The summed E-state index contributed by atoms with van der Waals surface area (Å²) in [7, 11) is 0. The summed E-state index contributed by atoms with van der Waals surface area (Å²) in [6.45, 7) is 71.2. The molecule has 0 saturated heterocycles. The van der Waals surface area contributed by atoms with Crippen molar-refractivity contribution in [3.63, 3.8) is 0 Å². The summed E-state index contributed by atoms with van der Waals surface area (Å²) in [5.41, 5.74) is 17.2. The van der Waals surface area contributed by atoms with Crippen LogP contribution in [-0.2, 0) is 50.3 Å². The maximum atomic E-state index is 7.25. The van der Waals surface area contributed by atoms with Crippen LogP contribution in [0.2, 0.25) is 0 Å². The average molecular weight is 777 g/mol. The number of hydrogen-bond donors (Lipinski definition) is 0. The van der Waals surface area contributed by atoms with Crippen LogP contribution in [0.3, 0.4) is 0 Å². The Bertz CT molecular complexity index is 379. The third kappa shape index (κ3) is 8580. The van der Waals surface area contributed by atoms with E-state index in [0.29, 0.717) is 0 Å². The molecule has 0 unspecified atom stereocenters. The molecular weight excluding hydrogens is 774 g/mol. The van der Waals surface area contributed by atoms with Crippen LogP contribution in [0.15, 0.2) is 0 Å². The molecule has 219 valence electrons. The molecule has 0 rings (SSSR count). The molecule has 0 heterocycles. The zero-order valence-corrected chi connectivity index (χ0v) is 33.3. The Hall–Kier alpha value is -2.42. The largest absolute Gasteiger partial charge is 1.00 e. The van der Waals surface area contributed by atoms with Gasteiger partial charge in [0, 0.05) is 50.3 Å². The normalized spacial score (nSPS) is 1.00. The number of nitrogens with zero attached hydrogens (tertiary/aromatic N) is 18. The Kier molecular flexibility index (Phi) is 53700. The molecular formula is C15H3Co3K3N18O3-18. The van der Waals surface area contributed by atoms with Crippen molar-refractivity contribution in [3.05, 3.63) is 130 Å². The van der Waals surface area contributed by atoms with Crippen LogP contribution < -0.4 is 154 Å². The minimum Gasteiger partial charge on any atom is -1.00 e. The minimum absolute atomic E-state index is 0. The standard InChI is InChI=1S/15CN.3Co.3K.3NO.3H/c15*1-2;;;;;;;3*1-2;;;/q15*-1;;;;3*+1;6*-1. The Morgan fingerprint density at radius 3 is 0.214 bits per heavy atom. The van der Waals surface area contributed by atoms with Crippen molar-refractivity contribution < 1.29 is 209 Å². The van der Waals surface area contributed by atoms with E-state index in [2.05, 4.69) is 0 Å². The maximum absolute atomic E-state index is 7.25. The van der Waals surface area contributed by atoms with Gasteiger partial charge in [-0.3, -0.25) is 0 Å². The van der Waals surface area contributed by atoms with Gasteiger partial charge in [0.25, 0.3) is 0 Å². The van der Waals surface area contributed by atoms with E-state index >= 15 is 0 Å². The SMILES string of the molecule is [C-]#N.[C-]#N.[C-]#N.[C-]#N.[C-]#N.[C-]#N.[C-]#N.[C-]#N.[C-]#N.[C-]#N.[C-]#N.[C-]#N.[C-]#N.[C-]#N.[C-]#N.[Co].[Co].[Co].[H-].[H-].[H-].[K+].[K+].[K+].[N-]=O.[N-]=O.[N-]=O. The fourth-order valence-electron chi connectivity index (χ4n) is 0. The molecule has 0 spiro atoms. The van der Waals surface area contributed by atoms with E-state index in [4.69, 9.17) is 209 Å². The van der Waals surface area contributed by atoms with Gasteiger partial charge in [-0.1, -0.05) is 0 Å². The van der Waals surface area contributed by atoms with Crippen molar-refractivity contribution >= 4 is 0 Å². The van der Waals surface area contributed by atoms with E-state index in [0.717, 1.165) is 0 Å². The summed E-state index contributed by atoms with van der Waals surface area (Å²) >= 11 is 0. The van der Waals surface area contributed by atoms with E-state index in [-0.39, 0.29) is 209 Å². The topological polar surface area (TPSA) is 475 Å². The Labute approximate surface area is 409 Å². The summed E-state index contributed by atoms with van der Waals surface area (Å²) in [6.07, 6.45) is 0. The van der Waals surface area contributed by atoms with Crippen molar-refractivity contribution in [2.45, 2.75) is 0 Å². The molecule has 0 fully saturated rings. The minimum atomic E-state index is 0. The number of rotatable bonds is 0. The van der Waals surface area contributed by atoms with E-state index in [9.17, 15) is 0 Å². The molecule has 21 nitrogen and oxygen atoms in total. The molecule has 0 atom stereocenters. The molecule has 27 heteroatoms. The molecule has 0 amide bonds. The van der Waals surface area contributed by atoms with Crippen LogP contribution in [0.5, 0.6) is 0 Å². The summed E-state index contributed by atoms with van der Waals surface area (Å²) in [4.78, 5) is 21.8. The first-order valence-electron chi connectivity index (χ1n) is 3.90. The molecule has 0 aromatic rings. The predicted octanol–water partition coefficient (Wildman–Crippen LogP) is -6.25. The van der Waals surface area contributed by atoms with Crippen LogP contribution >= 0.6 is 0 Å². The van der Waals surface area contributed by atoms with Gasteiger partial charge in [0.15, 0.2) is 0 Å². The van der Waals surface area contributed by atoms with Crippen molar-refractivity contribution in [2.24, 2.45) is 0 Å². The van der Waals surface area contributed by atoms with Gasteiger partial charge >= 0.3 is 154 Å². The third-order valence-corrected chi connectivity index (χ3v) is 0. The molecule has 0 aliphatic heterocycles. The first kappa shape index (κ1) is 243. The smallest absolute Gasteiger partial charge is 1.00 e. The van der Waals surface area contributed by atoms with Gasteiger partial charge in [0.2, 0.25) is 0 Å². The van der Waals surface area contributed by atoms with Gasteiger partial charge in [-0.2, -0.15) is 0 Å². The molecule has 3 radical (unpaired) electrons. The van der Waals surface area contributed by atoms with Crippen LogP contribution in [0.1, 0.15) is 4.28 Å². The molecule has 0 aromatic carbocycles. The maximum Gasteiger partial charge on any atom is 1.00 e. The van der Waals surface area contributed by atoms with Gasteiger partial charge in [-0.05, 0) is 0 Å². The van der Waals surface area contributed by atoms with Crippen LogP contribution in [0.25, 0.3) is 16.8 Å². The molecule has 0 aromatic heterocycles. The summed E-state index contributed by atoms with van der Waals surface area (Å²) < 4.78 is 0. The molecule has 0 aliphatic rings. The Morgan fingerprint density at radius 2 is 0.214 bits per heavy atom. The van der Waals surface area contributed by atoms with Gasteiger partial charge in [-0.15, -0.1) is 0 Å². The molecule has 0 aliphatic carbocycles. The first-order valence-corrected chi connectivity index (χ1v) is 3.90. The van der Waals surface area contributed by atoms with Gasteiger partial charge in [0.1, 0.15) is 0 Å². The van der Waals surface area contributed by atoms with Crippen LogP contribution in [0.4, 0.5) is 0 Å². The molecule has 42 heavy (non-hydrogen) atoms. The second-order valence-electron chi connectivity index (χ2n) is 0. The fraction of sp³-hybridized carbons (Fsp3) is 0. The fourth-order valence-corrected chi connectivity index (χ4v) is 0. The Balaban J connectivity index is -0.00000000301. The molecule has 0 bridgehead atoms. The van der Waals surface area contributed by atoms with E-state index in [1.165, 1.54) is 0 Å². The quantitative estimate of drug-likeness (QED) is 0.163. The van der Waals surface area contributed by atoms with Gasteiger partial charge in [-0.25, -0.2) is 0 Å². The average Bonchev–Trinajstić information content (AvgIpc) is 3.13. The van der Waals surface area contributed by atoms with Crippen molar-refractivity contribution in [2.75, 3.05) is 0 Å². The van der Waals surface area contributed by atoms with Crippen molar-refractivity contribution in [1.82, 2.24) is 0 Å². The second kappa shape index (κ2) is 9290. The zero-order chi connectivity index (χ0) is 36.0. The summed E-state index contributed by atoms with van der Waals surface area (Å²) in [6, 6.07) is 0. The zero-order valence-electron chi connectivity index (χ0n) is 23.8. The first-order chi connectivity index (χ1) is 18.0. The third-order valence-electron chi connectivity index (χ3n) is 0. The van der Waals surface area contributed by atoms with E-state index < -0.39 is 0 Å². The number of hydrogen-bond acceptors (Lipinski definition) is 18. The molecule has 0 N–H and O–H groups in total. The van der Waals surface area contributed by atoms with E-state index in [1.54, 1.807) is 0 Å². The summed E-state index contributed by atoms with van der Waals surface area (Å²) in [5, 5.41) is 93.8. The number of nitroso groups, excluding NO2 is 3. The summed E-state index contributed by atoms with van der Waals surface area (Å²) in [5.74, 6) is 0. The van der Waals surface area contributed by atoms with Gasteiger partial charge in [0.05, 0.1) is 0 Å². The van der Waals surface area contributed by atoms with Crippen LogP contribution in [0, 0.1) is 192 Å². The predicted molar refractivity (Wildman–Crippen MR) is 98.0 cm³/mol. The van der Waals surface area contributed by atoms with Crippen molar-refractivity contribution in [3.8, 4) is 0 Å². The van der Waals surface area contributed by atoms with E-state index in [1.807, 2.05) is 0 Å². The Morgan fingerprint density at radius 1 is 0.214 bits per heavy atom. The monoisotopic (exact) mass is 777 g/mol. The van der Waals surface area contributed by atoms with Gasteiger partial charge < -0.3 is 213 Å². The van der Waals surface area contributed by atoms with Crippen LogP contribution in [-0.4, -0.2) is 0 Å². The molecule has 0 saturated carbocycles.